The topological polar surface area (TPSA) is 65.5 Å². The van der Waals surface area contributed by atoms with Gasteiger partial charge in [-0.25, -0.2) is 0 Å². The molecule has 2 amide bonds. The van der Waals surface area contributed by atoms with E-state index in [2.05, 4.69) is 29.0 Å². The van der Waals surface area contributed by atoms with E-state index in [4.69, 9.17) is 0 Å². The first-order chi connectivity index (χ1) is 16.0. The average molecular weight is 481 g/mol. The molecule has 0 unspecified atom stereocenters. The molecule has 1 aromatic rings. The van der Waals surface area contributed by atoms with Crippen molar-refractivity contribution in [1.82, 2.24) is 20.1 Å². The largest absolute Gasteiger partial charge is 0.417 e. The molecule has 34 heavy (non-hydrogen) atoms. The molecule has 0 radical (unpaired) electrons. The van der Waals surface area contributed by atoms with E-state index in [9.17, 15) is 22.8 Å². The van der Waals surface area contributed by atoms with Gasteiger partial charge in [0.2, 0.25) is 11.8 Å². The number of hydrogen-bond donors (Lipinski definition) is 1. The van der Waals surface area contributed by atoms with Gasteiger partial charge >= 0.3 is 6.18 Å². The lowest BCUT2D eigenvalue weighted by atomic mass is 9.73. The van der Waals surface area contributed by atoms with Gasteiger partial charge < -0.3 is 15.1 Å². The molecule has 2 atom stereocenters. The first-order valence-corrected chi connectivity index (χ1v) is 12.3. The van der Waals surface area contributed by atoms with E-state index in [1.807, 2.05) is 0 Å². The van der Waals surface area contributed by atoms with Crippen LogP contribution in [-0.4, -0.2) is 59.3 Å². The highest BCUT2D eigenvalue weighted by atomic mass is 19.4. The molecule has 4 rings (SSSR count). The number of carbonyl (C=O) groups is 2. The lowest BCUT2D eigenvalue weighted by Crippen LogP contribution is -2.49. The molecule has 0 spiro atoms. The smallest absolute Gasteiger partial charge is 0.359 e. The number of rotatable bonds is 4. The maximum atomic E-state index is 13.9. The van der Waals surface area contributed by atoms with E-state index < -0.39 is 17.2 Å². The van der Waals surface area contributed by atoms with Gasteiger partial charge in [0.05, 0.1) is 11.0 Å². The quantitative estimate of drug-likeness (QED) is 0.715. The summed E-state index contributed by atoms with van der Waals surface area (Å²) in [5, 5.41) is 2.74. The summed E-state index contributed by atoms with van der Waals surface area (Å²) in [7, 11) is 1.67. The van der Waals surface area contributed by atoms with Gasteiger partial charge in [-0.3, -0.25) is 14.6 Å². The minimum Gasteiger partial charge on any atom is -0.359 e. The van der Waals surface area contributed by atoms with E-state index in [0.717, 1.165) is 57.5 Å². The molecule has 3 aliphatic rings. The normalized spacial score (nSPS) is 26.6. The predicted octanol–water partition coefficient (Wildman–Crippen LogP) is 3.64. The highest BCUT2D eigenvalue weighted by Crippen LogP contribution is 2.48. The monoisotopic (exact) mass is 480 g/mol. The summed E-state index contributed by atoms with van der Waals surface area (Å²) in [6, 6.07) is 1.45. The van der Waals surface area contributed by atoms with Crippen LogP contribution in [0.15, 0.2) is 12.3 Å². The van der Waals surface area contributed by atoms with Crippen molar-refractivity contribution in [3.8, 4) is 0 Å². The van der Waals surface area contributed by atoms with Crippen molar-refractivity contribution in [3.05, 3.63) is 29.1 Å². The second kappa shape index (κ2) is 9.47. The Morgan fingerprint density at radius 3 is 2.50 bits per heavy atom. The molecule has 9 heteroatoms. The molecule has 2 fully saturated rings. The highest BCUT2D eigenvalue weighted by molar-refractivity contribution is 5.84. The molecule has 6 nitrogen and oxygen atoms in total. The third kappa shape index (κ3) is 4.68. The number of aromatic nitrogens is 1. The Labute approximate surface area is 199 Å². The number of hydrogen-bond acceptors (Lipinski definition) is 4. The summed E-state index contributed by atoms with van der Waals surface area (Å²) in [6.07, 6.45) is 1.05. The zero-order valence-corrected chi connectivity index (χ0v) is 20.2. The third-order valence-corrected chi connectivity index (χ3v) is 8.37. The van der Waals surface area contributed by atoms with Gasteiger partial charge in [0.15, 0.2) is 0 Å². The maximum Gasteiger partial charge on any atom is 0.417 e. The van der Waals surface area contributed by atoms with Crippen LogP contribution in [0.5, 0.6) is 0 Å². The number of likely N-dealkylation sites (tertiary alicyclic amines) is 1. The van der Waals surface area contributed by atoms with Crippen LogP contribution in [0.25, 0.3) is 0 Å². The molecule has 1 aliphatic carbocycles. The Kier molecular flexibility index (Phi) is 6.95. The standard InChI is InChI=1S/C25H35F3N4O2/c1-16(2)24(8-4-20(13-24)31-9-5-17(6-10-31)22(33)29-3)23(34)32-11-7-21-18(15-32)12-19(14-30-21)25(26,27)28/h12,14,16-17,20H,4-11,13,15H2,1-3H3,(H,29,33)/t20-,24-/m0/s1. The maximum absolute atomic E-state index is 13.9. The average Bonchev–Trinajstić information content (AvgIpc) is 3.29. The molecule has 1 saturated heterocycles. The van der Waals surface area contributed by atoms with E-state index in [0.29, 0.717) is 30.3 Å². The van der Waals surface area contributed by atoms with Gasteiger partial charge in [-0.05, 0) is 62.7 Å². The molecule has 188 valence electrons. The van der Waals surface area contributed by atoms with Crippen LogP contribution in [0.1, 0.15) is 62.8 Å². The molecular weight excluding hydrogens is 445 g/mol. The lowest BCUT2D eigenvalue weighted by Gasteiger charge is -2.41. The van der Waals surface area contributed by atoms with Gasteiger partial charge in [-0.2, -0.15) is 13.2 Å². The second-order valence-corrected chi connectivity index (χ2v) is 10.4. The van der Waals surface area contributed by atoms with Crippen molar-refractivity contribution < 1.29 is 22.8 Å². The lowest BCUT2D eigenvalue weighted by molar-refractivity contribution is -0.146. The van der Waals surface area contributed by atoms with Gasteiger partial charge in [0.1, 0.15) is 0 Å². The fourth-order valence-electron chi connectivity index (χ4n) is 6.13. The number of nitrogens with one attached hydrogen (secondary N) is 1. The number of halogens is 3. The van der Waals surface area contributed by atoms with E-state index in [1.54, 1.807) is 11.9 Å². The van der Waals surface area contributed by atoms with Crippen LogP contribution in [0.3, 0.4) is 0 Å². The third-order valence-electron chi connectivity index (χ3n) is 8.37. The van der Waals surface area contributed by atoms with Crippen LogP contribution >= 0.6 is 0 Å². The minimum absolute atomic E-state index is 0.0581. The summed E-state index contributed by atoms with van der Waals surface area (Å²) < 4.78 is 39.6. The van der Waals surface area contributed by atoms with Crippen LogP contribution in [0.4, 0.5) is 13.2 Å². The molecule has 0 aromatic carbocycles. The van der Waals surface area contributed by atoms with Crippen molar-refractivity contribution in [2.24, 2.45) is 17.3 Å². The van der Waals surface area contributed by atoms with Crippen molar-refractivity contribution in [1.29, 1.82) is 0 Å². The second-order valence-electron chi connectivity index (χ2n) is 10.4. The van der Waals surface area contributed by atoms with Crippen molar-refractivity contribution in [2.75, 3.05) is 26.7 Å². The number of carbonyl (C=O) groups excluding carboxylic acids is 2. The van der Waals surface area contributed by atoms with E-state index >= 15 is 0 Å². The molecular formula is C25H35F3N4O2. The van der Waals surface area contributed by atoms with Crippen LogP contribution in [0.2, 0.25) is 0 Å². The van der Waals surface area contributed by atoms with Crippen LogP contribution in [0, 0.1) is 17.3 Å². The SMILES string of the molecule is CNC(=O)C1CCN([C@H]2CC[C@@](C(=O)N3CCc4ncc(C(F)(F)F)cc4C3)(C(C)C)C2)CC1. The molecule has 1 aromatic heterocycles. The number of amides is 2. The summed E-state index contributed by atoms with van der Waals surface area (Å²) in [6.45, 7) is 6.55. The molecule has 1 saturated carbocycles. The summed E-state index contributed by atoms with van der Waals surface area (Å²) in [5.74, 6) is 0.358. The summed E-state index contributed by atoms with van der Waals surface area (Å²) in [5.41, 5.74) is -0.118. The minimum atomic E-state index is -4.45. The fraction of sp³-hybridized carbons (Fsp3) is 0.720. The van der Waals surface area contributed by atoms with Crippen molar-refractivity contribution in [2.45, 2.75) is 71.1 Å². The zero-order chi connectivity index (χ0) is 24.7. The fourth-order valence-corrected chi connectivity index (χ4v) is 6.13. The Morgan fingerprint density at radius 2 is 1.88 bits per heavy atom. The molecule has 3 heterocycles. The Bertz CT molecular complexity index is 927. The molecule has 0 bridgehead atoms. The van der Waals surface area contributed by atoms with Crippen LogP contribution < -0.4 is 5.32 Å². The predicted molar refractivity (Wildman–Crippen MR) is 122 cm³/mol. The summed E-state index contributed by atoms with van der Waals surface area (Å²) in [4.78, 5) is 34.1. The Hall–Kier alpha value is -2.16. The Balaban J connectivity index is 1.46. The van der Waals surface area contributed by atoms with E-state index in [1.165, 1.54) is 0 Å². The van der Waals surface area contributed by atoms with E-state index in [-0.39, 0.29) is 30.2 Å². The zero-order valence-electron chi connectivity index (χ0n) is 20.2. The first kappa shape index (κ1) is 24.9. The first-order valence-electron chi connectivity index (χ1n) is 12.3. The van der Waals surface area contributed by atoms with Crippen molar-refractivity contribution >= 4 is 11.8 Å². The van der Waals surface area contributed by atoms with Gasteiger partial charge in [0, 0.05) is 50.4 Å². The Morgan fingerprint density at radius 1 is 1.18 bits per heavy atom. The van der Waals surface area contributed by atoms with Gasteiger partial charge in [-0.1, -0.05) is 13.8 Å². The van der Waals surface area contributed by atoms with Gasteiger partial charge in [-0.15, -0.1) is 0 Å². The van der Waals surface area contributed by atoms with Crippen molar-refractivity contribution in [3.63, 3.8) is 0 Å². The molecule has 1 N–H and O–H groups in total. The van der Waals surface area contributed by atoms with Gasteiger partial charge in [0.25, 0.3) is 0 Å². The number of alkyl halides is 3. The number of fused-ring (bicyclic) bond motifs is 1. The number of piperidine rings is 1. The summed E-state index contributed by atoms with van der Waals surface area (Å²) >= 11 is 0. The highest BCUT2D eigenvalue weighted by Gasteiger charge is 2.51. The number of pyridine rings is 1. The van der Waals surface area contributed by atoms with Crippen LogP contribution in [-0.2, 0) is 28.7 Å². The molecule has 2 aliphatic heterocycles. The number of nitrogens with zero attached hydrogens (tertiary/aromatic N) is 3.